The number of hydrogen-bond acceptors (Lipinski definition) is 3. The normalized spacial score (nSPS) is 12.2. The van der Waals surface area contributed by atoms with Crippen molar-refractivity contribution in [1.82, 2.24) is 0 Å². The van der Waals surface area contributed by atoms with Gasteiger partial charge in [0.2, 0.25) is 0 Å². The van der Waals surface area contributed by atoms with E-state index in [2.05, 4.69) is 20.7 Å². The fourth-order valence-electron chi connectivity index (χ4n) is 1.04. The number of halogens is 1. The number of esters is 1. The molecule has 0 aliphatic carbocycles. The van der Waals surface area contributed by atoms with Crippen molar-refractivity contribution in [3.8, 4) is 0 Å². The molecule has 0 radical (unpaired) electrons. The summed E-state index contributed by atoms with van der Waals surface area (Å²) >= 11 is 3.29. The molecule has 0 aromatic heterocycles. The standard InChI is InChI=1S/C10H11BrO3/c1-14-10(13)6-9(12)7-2-4-8(11)5-3-7/h2-5,9,12H,6H2,1H3/t9-/m0/s1. The summed E-state index contributed by atoms with van der Waals surface area (Å²) in [6, 6.07) is 7.15. The minimum absolute atomic E-state index is 0.0157. The van der Waals surface area contributed by atoms with Crippen molar-refractivity contribution in [3.05, 3.63) is 34.3 Å². The second kappa shape index (κ2) is 5.12. The third-order valence-electron chi connectivity index (χ3n) is 1.84. The fourth-order valence-corrected chi connectivity index (χ4v) is 1.31. The van der Waals surface area contributed by atoms with Crippen LogP contribution in [0.15, 0.2) is 28.7 Å². The van der Waals surface area contributed by atoms with Crippen molar-refractivity contribution >= 4 is 21.9 Å². The maximum atomic E-state index is 10.9. The Morgan fingerprint density at radius 3 is 2.57 bits per heavy atom. The van der Waals surface area contributed by atoms with Gasteiger partial charge in [0.1, 0.15) is 0 Å². The Bertz CT molecular complexity index is 308. The van der Waals surface area contributed by atoms with E-state index in [0.717, 1.165) is 4.47 Å². The van der Waals surface area contributed by atoms with Crippen LogP contribution in [0, 0.1) is 0 Å². The van der Waals surface area contributed by atoms with E-state index in [-0.39, 0.29) is 6.42 Å². The highest BCUT2D eigenvalue weighted by molar-refractivity contribution is 9.10. The van der Waals surface area contributed by atoms with Crippen LogP contribution < -0.4 is 0 Å². The number of carbonyl (C=O) groups excluding carboxylic acids is 1. The van der Waals surface area contributed by atoms with Gasteiger partial charge in [-0.2, -0.15) is 0 Å². The van der Waals surface area contributed by atoms with Crippen molar-refractivity contribution < 1.29 is 14.6 Å². The summed E-state index contributed by atoms with van der Waals surface area (Å²) in [5, 5.41) is 9.60. The molecular weight excluding hydrogens is 248 g/mol. The lowest BCUT2D eigenvalue weighted by atomic mass is 10.1. The van der Waals surface area contributed by atoms with Crippen molar-refractivity contribution in [2.24, 2.45) is 0 Å². The maximum absolute atomic E-state index is 10.9. The molecular formula is C10H11BrO3. The summed E-state index contributed by atoms with van der Waals surface area (Å²) in [6.45, 7) is 0. The van der Waals surface area contributed by atoms with Gasteiger partial charge in [-0.3, -0.25) is 4.79 Å². The molecule has 0 amide bonds. The van der Waals surface area contributed by atoms with Gasteiger partial charge in [-0.1, -0.05) is 28.1 Å². The summed E-state index contributed by atoms with van der Waals surface area (Å²) in [6.07, 6.45) is -0.812. The predicted molar refractivity (Wildman–Crippen MR) is 55.7 cm³/mol. The van der Waals surface area contributed by atoms with Crippen molar-refractivity contribution in [3.63, 3.8) is 0 Å². The Balaban J connectivity index is 2.65. The number of hydrogen-bond donors (Lipinski definition) is 1. The number of carbonyl (C=O) groups is 1. The molecule has 0 unspecified atom stereocenters. The van der Waals surface area contributed by atoms with Crippen LogP contribution in [0.3, 0.4) is 0 Å². The van der Waals surface area contributed by atoms with Gasteiger partial charge in [0.05, 0.1) is 19.6 Å². The van der Waals surface area contributed by atoms with Crippen LogP contribution in [0.25, 0.3) is 0 Å². The Morgan fingerprint density at radius 1 is 1.50 bits per heavy atom. The molecule has 0 spiro atoms. The third-order valence-corrected chi connectivity index (χ3v) is 2.37. The van der Waals surface area contributed by atoms with Gasteiger partial charge in [-0.15, -0.1) is 0 Å². The molecule has 1 aromatic carbocycles. The van der Waals surface area contributed by atoms with E-state index in [9.17, 15) is 9.90 Å². The molecule has 0 aliphatic rings. The molecule has 4 heteroatoms. The van der Waals surface area contributed by atoms with Gasteiger partial charge in [-0.05, 0) is 17.7 Å². The van der Waals surface area contributed by atoms with Crippen molar-refractivity contribution in [2.45, 2.75) is 12.5 Å². The second-order valence-corrected chi connectivity index (χ2v) is 3.76. The fraction of sp³-hybridized carbons (Fsp3) is 0.300. The minimum Gasteiger partial charge on any atom is -0.469 e. The zero-order valence-electron chi connectivity index (χ0n) is 7.74. The van der Waals surface area contributed by atoms with Crippen LogP contribution >= 0.6 is 15.9 Å². The van der Waals surface area contributed by atoms with Crippen LogP contribution in [0.1, 0.15) is 18.1 Å². The molecule has 0 bridgehead atoms. The highest BCUT2D eigenvalue weighted by atomic mass is 79.9. The molecule has 1 aromatic rings. The molecule has 76 valence electrons. The van der Waals surface area contributed by atoms with Crippen molar-refractivity contribution in [1.29, 1.82) is 0 Å². The number of benzene rings is 1. The molecule has 0 aliphatic heterocycles. The monoisotopic (exact) mass is 258 g/mol. The molecule has 0 saturated heterocycles. The lowest BCUT2D eigenvalue weighted by molar-refractivity contribution is -0.142. The van der Waals surface area contributed by atoms with Crippen LogP contribution in [0.5, 0.6) is 0 Å². The molecule has 14 heavy (non-hydrogen) atoms. The highest BCUT2D eigenvalue weighted by Crippen LogP contribution is 2.19. The van der Waals surface area contributed by atoms with Crippen LogP contribution in [0.2, 0.25) is 0 Å². The van der Waals surface area contributed by atoms with E-state index in [4.69, 9.17) is 0 Å². The zero-order valence-corrected chi connectivity index (χ0v) is 9.32. The van der Waals surface area contributed by atoms with Gasteiger partial charge in [0.15, 0.2) is 0 Å². The van der Waals surface area contributed by atoms with Gasteiger partial charge in [0.25, 0.3) is 0 Å². The first kappa shape index (κ1) is 11.2. The minimum atomic E-state index is -0.796. The Labute approximate surface area is 90.8 Å². The Kier molecular flexibility index (Phi) is 4.10. The quantitative estimate of drug-likeness (QED) is 0.845. The second-order valence-electron chi connectivity index (χ2n) is 2.85. The van der Waals surface area contributed by atoms with E-state index in [0.29, 0.717) is 5.56 Å². The summed E-state index contributed by atoms with van der Waals surface area (Å²) < 4.78 is 5.39. The average molecular weight is 259 g/mol. The summed E-state index contributed by atoms with van der Waals surface area (Å²) in [5.74, 6) is -0.416. The molecule has 0 saturated carbocycles. The first-order chi connectivity index (χ1) is 6.63. The number of aliphatic hydroxyl groups is 1. The lowest BCUT2D eigenvalue weighted by Gasteiger charge is -2.09. The largest absolute Gasteiger partial charge is 0.469 e. The highest BCUT2D eigenvalue weighted by Gasteiger charge is 2.12. The summed E-state index contributed by atoms with van der Waals surface area (Å²) in [7, 11) is 1.30. The lowest BCUT2D eigenvalue weighted by Crippen LogP contribution is -2.07. The van der Waals surface area contributed by atoms with Crippen LogP contribution in [-0.4, -0.2) is 18.2 Å². The van der Waals surface area contributed by atoms with Gasteiger partial charge >= 0.3 is 5.97 Å². The van der Waals surface area contributed by atoms with Gasteiger partial charge < -0.3 is 9.84 Å². The Hall–Kier alpha value is -0.870. The van der Waals surface area contributed by atoms with Gasteiger partial charge in [-0.25, -0.2) is 0 Å². The third kappa shape index (κ3) is 3.12. The number of aliphatic hydroxyl groups excluding tert-OH is 1. The molecule has 3 nitrogen and oxygen atoms in total. The maximum Gasteiger partial charge on any atom is 0.308 e. The smallest absolute Gasteiger partial charge is 0.308 e. The number of methoxy groups -OCH3 is 1. The first-order valence-electron chi connectivity index (χ1n) is 4.14. The van der Waals surface area contributed by atoms with E-state index in [1.807, 2.05) is 12.1 Å². The summed E-state index contributed by atoms with van der Waals surface area (Å²) in [5.41, 5.74) is 0.707. The van der Waals surface area contributed by atoms with E-state index >= 15 is 0 Å². The van der Waals surface area contributed by atoms with Crippen molar-refractivity contribution in [2.75, 3.05) is 7.11 Å². The SMILES string of the molecule is COC(=O)C[C@H](O)c1ccc(Br)cc1. The summed E-state index contributed by atoms with van der Waals surface area (Å²) in [4.78, 5) is 10.9. The Morgan fingerprint density at radius 2 is 2.07 bits per heavy atom. The molecule has 0 fully saturated rings. The number of rotatable bonds is 3. The zero-order chi connectivity index (χ0) is 10.6. The topological polar surface area (TPSA) is 46.5 Å². The average Bonchev–Trinajstić information content (AvgIpc) is 2.18. The van der Waals surface area contributed by atoms with E-state index < -0.39 is 12.1 Å². The predicted octanol–water partition coefficient (Wildman–Crippen LogP) is 2.05. The molecule has 0 heterocycles. The van der Waals surface area contributed by atoms with Gasteiger partial charge in [0, 0.05) is 4.47 Å². The molecule has 1 rings (SSSR count). The van der Waals surface area contributed by atoms with E-state index in [1.54, 1.807) is 12.1 Å². The first-order valence-corrected chi connectivity index (χ1v) is 4.93. The van der Waals surface area contributed by atoms with E-state index in [1.165, 1.54) is 7.11 Å². The van der Waals surface area contributed by atoms with Crippen LogP contribution in [-0.2, 0) is 9.53 Å². The molecule has 1 atom stereocenters. The number of ether oxygens (including phenoxy) is 1. The molecule has 1 N–H and O–H groups in total. The van der Waals surface area contributed by atoms with Crippen LogP contribution in [0.4, 0.5) is 0 Å².